The summed E-state index contributed by atoms with van der Waals surface area (Å²) < 4.78 is 0. The average molecular weight is 256 g/mol. The van der Waals surface area contributed by atoms with Crippen LogP contribution >= 0.6 is 0 Å². The van der Waals surface area contributed by atoms with Gasteiger partial charge in [-0.2, -0.15) is 0 Å². The van der Waals surface area contributed by atoms with Gasteiger partial charge in [-0.15, -0.1) is 0 Å². The lowest BCUT2D eigenvalue weighted by molar-refractivity contribution is -0.130. The summed E-state index contributed by atoms with van der Waals surface area (Å²) in [6.45, 7) is 8.08. The maximum atomic E-state index is 12.2. The molecule has 0 aliphatic rings. The number of carbonyl (C=O) groups excluding carboxylic acids is 1. The van der Waals surface area contributed by atoms with Crippen molar-refractivity contribution in [2.24, 2.45) is 5.41 Å². The van der Waals surface area contributed by atoms with Crippen LogP contribution in [0.15, 0.2) is 0 Å². The molecule has 0 spiro atoms. The van der Waals surface area contributed by atoms with Crippen molar-refractivity contribution >= 4 is 5.91 Å². The second-order valence-electron chi connectivity index (χ2n) is 5.78. The van der Waals surface area contributed by atoms with E-state index >= 15 is 0 Å². The second-order valence-corrected chi connectivity index (χ2v) is 5.78. The minimum atomic E-state index is -0.181. The molecule has 0 radical (unpaired) electrons. The van der Waals surface area contributed by atoms with Gasteiger partial charge in [0.25, 0.3) is 0 Å². The minimum Gasteiger partial charge on any atom is -0.354 e. The molecule has 0 bridgehead atoms. The third kappa shape index (κ3) is 7.00. The van der Waals surface area contributed by atoms with E-state index in [9.17, 15) is 4.79 Å². The van der Waals surface area contributed by atoms with Gasteiger partial charge in [-0.05, 0) is 26.9 Å². The van der Waals surface area contributed by atoms with Crippen LogP contribution < -0.4 is 5.32 Å². The highest BCUT2D eigenvalue weighted by Crippen LogP contribution is 2.28. The summed E-state index contributed by atoms with van der Waals surface area (Å²) in [6, 6.07) is 0. The number of hydrogen-bond donors (Lipinski definition) is 1. The molecule has 0 rings (SSSR count). The number of nitrogens with one attached hydrogen (secondary N) is 1. The quantitative estimate of drug-likeness (QED) is 0.609. The van der Waals surface area contributed by atoms with E-state index in [1.165, 1.54) is 25.7 Å². The predicted molar refractivity (Wildman–Crippen MR) is 78.7 cm³/mol. The van der Waals surface area contributed by atoms with Gasteiger partial charge in [0.15, 0.2) is 0 Å². The standard InChI is InChI=1S/C15H32N2O/c1-6-8-9-10-11-15(3,7-2)14(18)16-12-13-17(4)5/h6-13H2,1-5H3,(H,16,18). The number of likely N-dealkylation sites (N-methyl/N-ethyl adjacent to an activating group) is 1. The Balaban J connectivity index is 4.05. The molecule has 1 unspecified atom stereocenters. The fourth-order valence-electron chi connectivity index (χ4n) is 2.00. The predicted octanol–water partition coefficient (Wildman–Crippen LogP) is 3.05. The van der Waals surface area contributed by atoms with Crippen LogP contribution in [0, 0.1) is 5.41 Å². The van der Waals surface area contributed by atoms with E-state index in [4.69, 9.17) is 0 Å². The van der Waals surface area contributed by atoms with Gasteiger partial charge in [-0.25, -0.2) is 0 Å². The lowest BCUT2D eigenvalue weighted by Crippen LogP contribution is -2.41. The SMILES string of the molecule is CCCCCCC(C)(CC)C(=O)NCCN(C)C. The lowest BCUT2D eigenvalue weighted by Gasteiger charge is -2.27. The highest BCUT2D eigenvalue weighted by molar-refractivity contribution is 5.82. The molecule has 18 heavy (non-hydrogen) atoms. The van der Waals surface area contributed by atoms with E-state index in [1.54, 1.807) is 0 Å². The number of carbonyl (C=O) groups is 1. The zero-order valence-corrected chi connectivity index (χ0v) is 13.0. The van der Waals surface area contributed by atoms with Crippen molar-refractivity contribution in [2.45, 2.75) is 59.3 Å². The molecule has 0 saturated carbocycles. The molecule has 1 atom stereocenters. The summed E-state index contributed by atoms with van der Waals surface area (Å²) in [7, 11) is 4.05. The fourth-order valence-corrected chi connectivity index (χ4v) is 2.00. The van der Waals surface area contributed by atoms with Crippen LogP contribution in [0.5, 0.6) is 0 Å². The first kappa shape index (κ1) is 17.4. The van der Waals surface area contributed by atoms with Crippen LogP contribution in [-0.4, -0.2) is 38.0 Å². The monoisotopic (exact) mass is 256 g/mol. The molecule has 0 aliphatic heterocycles. The first-order chi connectivity index (χ1) is 8.46. The third-order valence-corrected chi connectivity index (χ3v) is 3.76. The molecule has 0 aromatic carbocycles. The van der Waals surface area contributed by atoms with Crippen molar-refractivity contribution in [3.05, 3.63) is 0 Å². The number of nitrogens with zero attached hydrogens (tertiary/aromatic N) is 1. The van der Waals surface area contributed by atoms with E-state index in [2.05, 4.69) is 31.0 Å². The molecule has 0 heterocycles. The molecule has 1 amide bonds. The Kier molecular flexibility index (Phi) is 9.08. The van der Waals surface area contributed by atoms with Gasteiger partial charge in [0, 0.05) is 18.5 Å². The van der Waals surface area contributed by atoms with E-state index in [1.807, 2.05) is 14.1 Å². The maximum Gasteiger partial charge on any atom is 0.225 e. The van der Waals surface area contributed by atoms with Gasteiger partial charge in [-0.1, -0.05) is 46.5 Å². The summed E-state index contributed by atoms with van der Waals surface area (Å²) in [4.78, 5) is 14.3. The molecular weight excluding hydrogens is 224 g/mol. The molecule has 0 aromatic rings. The number of rotatable bonds is 10. The van der Waals surface area contributed by atoms with Gasteiger partial charge < -0.3 is 10.2 Å². The zero-order chi connectivity index (χ0) is 14.0. The van der Waals surface area contributed by atoms with Crippen LogP contribution in [0.1, 0.15) is 59.3 Å². The normalized spacial score (nSPS) is 14.6. The molecule has 3 heteroatoms. The summed E-state index contributed by atoms with van der Waals surface area (Å²) in [5, 5.41) is 3.07. The van der Waals surface area contributed by atoms with Crippen LogP contribution in [0.4, 0.5) is 0 Å². The van der Waals surface area contributed by atoms with Crippen molar-refractivity contribution in [3.8, 4) is 0 Å². The molecule has 0 saturated heterocycles. The summed E-state index contributed by atoms with van der Waals surface area (Å²) in [6.07, 6.45) is 6.88. The van der Waals surface area contributed by atoms with Crippen molar-refractivity contribution in [1.82, 2.24) is 10.2 Å². The minimum absolute atomic E-state index is 0.181. The van der Waals surface area contributed by atoms with Crippen molar-refractivity contribution in [3.63, 3.8) is 0 Å². The molecule has 3 nitrogen and oxygen atoms in total. The smallest absolute Gasteiger partial charge is 0.225 e. The van der Waals surface area contributed by atoms with Gasteiger partial charge in [0.2, 0.25) is 5.91 Å². The summed E-state index contributed by atoms with van der Waals surface area (Å²) in [5.41, 5.74) is -0.181. The van der Waals surface area contributed by atoms with Crippen LogP contribution in [-0.2, 0) is 4.79 Å². The van der Waals surface area contributed by atoms with E-state index in [-0.39, 0.29) is 11.3 Å². The van der Waals surface area contributed by atoms with Crippen LogP contribution in [0.2, 0.25) is 0 Å². The highest BCUT2D eigenvalue weighted by Gasteiger charge is 2.30. The molecular formula is C15H32N2O. The number of hydrogen-bond acceptors (Lipinski definition) is 2. The first-order valence-electron chi connectivity index (χ1n) is 7.39. The van der Waals surface area contributed by atoms with E-state index in [0.29, 0.717) is 0 Å². The summed E-state index contributed by atoms with van der Waals surface area (Å²) in [5.74, 6) is 0.225. The van der Waals surface area contributed by atoms with Gasteiger partial charge in [-0.3, -0.25) is 4.79 Å². The first-order valence-corrected chi connectivity index (χ1v) is 7.39. The van der Waals surface area contributed by atoms with E-state index < -0.39 is 0 Å². The van der Waals surface area contributed by atoms with Gasteiger partial charge in [0.05, 0.1) is 0 Å². The average Bonchev–Trinajstić information content (AvgIpc) is 2.33. The van der Waals surface area contributed by atoms with Gasteiger partial charge in [0.1, 0.15) is 0 Å². The largest absolute Gasteiger partial charge is 0.354 e. The van der Waals surface area contributed by atoms with E-state index in [0.717, 1.165) is 25.9 Å². The highest BCUT2D eigenvalue weighted by atomic mass is 16.2. The number of amides is 1. The Morgan fingerprint density at radius 1 is 1.17 bits per heavy atom. The van der Waals surface area contributed by atoms with Crippen molar-refractivity contribution < 1.29 is 4.79 Å². The Hall–Kier alpha value is -0.570. The third-order valence-electron chi connectivity index (χ3n) is 3.76. The Labute approximate surface area is 113 Å². The van der Waals surface area contributed by atoms with Crippen molar-refractivity contribution in [2.75, 3.05) is 27.2 Å². The Morgan fingerprint density at radius 2 is 1.83 bits per heavy atom. The molecule has 0 aliphatic carbocycles. The molecule has 0 aromatic heterocycles. The van der Waals surface area contributed by atoms with Crippen molar-refractivity contribution in [1.29, 1.82) is 0 Å². The molecule has 0 fully saturated rings. The van der Waals surface area contributed by atoms with Crippen LogP contribution in [0.3, 0.4) is 0 Å². The van der Waals surface area contributed by atoms with Crippen LogP contribution in [0.25, 0.3) is 0 Å². The number of unbranched alkanes of at least 4 members (excludes halogenated alkanes) is 3. The lowest BCUT2D eigenvalue weighted by atomic mass is 9.81. The topological polar surface area (TPSA) is 32.3 Å². The summed E-state index contributed by atoms with van der Waals surface area (Å²) >= 11 is 0. The Bertz CT molecular complexity index is 229. The fraction of sp³-hybridized carbons (Fsp3) is 0.933. The van der Waals surface area contributed by atoms with Gasteiger partial charge >= 0.3 is 0 Å². The maximum absolute atomic E-state index is 12.2. The Morgan fingerprint density at radius 3 is 2.33 bits per heavy atom. The zero-order valence-electron chi connectivity index (χ0n) is 13.0. The second kappa shape index (κ2) is 9.37. The molecule has 108 valence electrons. The molecule has 1 N–H and O–H groups in total.